The monoisotopic (exact) mass is 449 g/mol. The highest BCUT2D eigenvalue weighted by atomic mass is 19.4. The van der Waals surface area contributed by atoms with Crippen LogP contribution in [0.5, 0.6) is 0 Å². The van der Waals surface area contributed by atoms with Crippen molar-refractivity contribution in [1.82, 2.24) is 19.6 Å². The molecule has 0 spiro atoms. The third-order valence-corrected chi connectivity index (χ3v) is 4.25. The quantitative estimate of drug-likeness (QED) is 0.457. The van der Waals surface area contributed by atoms with Crippen molar-refractivity contribution in [1.29, 1.82) is 0 Å². The Hall–Kier alpha value is -3.38. The van der Waals surface area contributed by atoms with Gasteiger partial charge in [-0.25, -0.2) is 17.6 Å². The largest absolute Gasteiger partial charge is 0.435 e. The Morgan fingerprint density at radius 1 is 1.06 bits per heavy atom. The number of halogens is 7. The lowest BCUT2D eigenvalue weighted by Crippen LogP contribution is -2.17. The summed E-state index contributed by atoms with van der Waals surface area (Å²) in [4.78, 5) is 12.0. The summed E-state index contributed by atoms with van der Waals surface area (Å²) >= 11 is 0. The number of nitrogens with zero attached hydrogens (tertiary/aromatic N) is 4. The lowest BCUT2D eigenvalue weighted by atomic mass is 10.2. The molecule has 0 aliphatic heterocycles. The van der Waals surface area contributed by atoms with Crippen LogP contribution in [0, 0.1) is 30.2 Å². The van der Waals surface area contributed by atoms with E-state index >= 15 is 0 Å². The molecule has 1 aromatic carbocycles. The smallest absolute Gasteiger partial charge is 0.309 e. The molecule has 166 valence electrons. The molecular formula is C18H14F7N5O. The first-order chi connectivity index (χ1) is 14.5. The van der Waals surface area contributed by atoms with Crippen molar-refractivity contribution in [3.8, 4) is 0 Å². The van der Waals surface area contributed by atoms with Gasteiger partial charge in [0.15, 0.2) is 34.8 Å². The molecule has 1 N–H and O–H groups in total. The second-order valence-electron chi connectivity index (χ2n) is 6.54. The van der Waals surface area contributed by atoms with E-state index in [4.69, 9.17) is 0 Å². The fourth-order valence-electron chi connectivity index (χ4n) is 2.73. The third kappa shape index (κ3) is 5.03. The molecule has 2 aromatic heterocycles. The minimum absolute atomic E-state index is 0.0316. The minimum Gasteiger partial charge on any atom is -0.309 e. The van der Waals surface area contributed by atoms with Crippen molar-refractivity contribution >= 4 is 11.7 Å². The maximum Gasteiger partial charge on any atom is 0.435 e. The summed E-state index contributed by atoms with van der Waals surface area (Å²) in [6.45, 7) is 0.637. The fourth-order valence-corrected chi connectivity index (χ4v) is 2.73. The first kappa shape index (κ1) is 22.3. The van der Waals surface area contributed by atoms with E-state index in [2.05, 4.69) is 15.5 Å². The zero-order valence-electron chi connectivity index (χ0n) is 15.8. The van der Waals surface area contributed by atoms with Crippen molar-refractivity contribution in [3.05, 3.63) is 64.6 Å². The Morgan fingerprint density at radius 3 is 2.29 bits per heavy atom. The number of carbonyl (C=O) groups is 1. The van der Waals surface area contributed by atoms with Crippen LogP contribution in [0.3, 0.4) is 0 Å². The standard InChI is InChI=1S/C18H14F7N5O/c1-9-6-13(18(23,24)25)27-30(9)5-3-15(31)26-14-2-4-29(28-14)8-10-16(21)11(19)7-12(20)17(10)22/h2,4,6-7H,3,5,8H2,1H3,(H,26,28,31). The molecule has 0 atom stereocenters. The zero-order chi connectivity index (χ0) is 22.9. The molecule has 0 bridgehead atoms. The Balaban J connectivity index is 1.62. The van der Waals surface area contributed by atoms with E-state index in [0.29, 0.717) is 0 Å². The molecule has 3 aromatic rings. The third-order valence-electron chi connectivity index (χ3n) is 4.25. The minimum atomic E-state index is -4.60. The van der Waals surface area contributed by atoms with E-state index in [-0.39, 0.29) is 30.5 Å². The van der Waals surface area contributed by atoms with Gasteiger partial charge in [-0.1, -0.05) is 0 Å². The van der Waals surface area contributed by atoms with Crippen molar-refractivity contribution in [2.45, 2.75) is 32.6 Å². The zero-order valence-corrected chi connectivity index (χ0v) is 15.8. The van der Waals surface area contributed by atoms with Crippen LogP contribution in [0.2, 0.25) is 0 Å². The highest BCUT2D eigenvalue weighted by Crippen LogP contribution is 2.28. The van der Waals surface area contributed by atoms with Crippen molar-refractivity contribution in [2.24, 2.45) is 0 Å². The molecule has 1 amide bonds. The number of hydrogen-bond donors (Lipinski definition) is 1. The maximum atomic E-state index is 13.7. The van der Waals surface area contributed by atoms with E-state index in [0.717, 1.165) is 15.4 Å². The van der Waals surface area contributed by atoms with Crippen molar-refractivity contribution < 1.29 is 35.5 Å². The molecule has 0 saturated carbocycles. The Labute approximate surface area is 170 Å². The Morgan fingerprint density at radius 2 is 1.71 bits per heavy atom. The predicted molar refractivity (Wildman–Crippen MR) is 92.8 cm³/mol. The van der Waals surface area contributed by atoms with Crippen LogP contribution in [0.4, 0.5) is 36.6 Å². The number of carbonyl (C=O) groups excluding carboxylic acids is 1. The number of aromatic nitrogens is 4. The van der Waals surface area contributed by atoms with Crippen molar-refractivity contribution in [3.63, 3.8) is 0 Å². The van der Waals surface area contributed by atoms with Crippen LogP contribution in [0.15, 0.2) is 24.4 Å². The normalized spacial score (nSPS) is 11.7. The number of hydrogen-bond acceptors (Lipinski definition) is 3. The summed E-state index contributed by atoms with van der Waals surface area (Å²) < 4.78 is 94.0. The molecule has 0 aliphatic rings. The molecule has 0 radical (unpaired) electrons. The number of nitrogens with one attached hydrogen (secondary N) is 1. The SMILES string of the molecule is Cc1cc(C(F)(F)F)nn1CCC(=O)Nc1ccn(Cc2c(F)c(F)cc(F)c2F)n1. The average molecular weight is 449 g/mol. The van der Waals surface area contributed by atoms with Gasteiger partial charge in [0, 0.05) is 37.0 Å². The predicted octanol–water partition coefficient (Wildman–Crippen LogP) is 4.04. The lowest BCUT2D eigenvalue weighted by Gasteiger charge is -2.07. The Bertz CT molecular complexity index is 1090. The summed E-state index contributed by atoms with van der Waals surface area (Å²) in [7, 11) is 0. The van der Waals surface area contributed by atoms with Crippen LogP contribution in [0.1, 0.15) is 23.4 Å². The lowest BCUT2D eigenvalue weighted by molar-refractivity contribution is -0.141. The van der Waals surface area contributed by atoms with Crippen LogP contribution >= 0.6 is 0 Å². The number of benzene rings is 1. The second kappa shape index (κ2) is 8.40. The second-order valence-corrected chi connectivity index (χ2v) is 6.54. The number of aryl methyl sites for hydroxylation is 2. The molecule has 6 nitrogen and oxygen atoms in total. The summed E-state index contributed by atoms with van der Waals surface area (Å²) in [6, 6.07) is 2.21. The van der Waals surface area contributed by atoms with Gasteiger partial charge in [0.1, 0.15) is 0 Å². The van der Waals surface area contributed by atoms with Gasteiger partial charge in [-0.15, -0.1) is 0 Å². The number of amides is 1. The summed E-state index contributed by atoms with van der Waals surface area (Å²) in [6.07, 6.45) is -3.62. The van der Waals surface area contributed by atoms with Crippen LogP contribution in [-0.2, 0) is 24.1 Å². The molecule has 2 heterocycles. The van der Waals surface area contributed by atoms with E-state index in [1.54, 1.807) is 0 Å². The number of alkyl halides is 3. The van der Waals surface area contributed by atoms with Gasteiger partial charge < -0.3 is 5.32 Å². The molecular weight excluding hydrogens is 435 g/mol. The molecule has 0 aliphatic carbocycles. The maximum absolute atomic E-state index is 13.7. The number of anilines is 1. The van der Waals surface area contributed by atoms with Gasteiger partial charge in [-0.2, -0.15) is 23.4 Å². The van der Waals surface area contributed by atoms with Crippen LogP contribution < -0.4 is 5.32 Å². The topological polar surface area (TPSA) is 64.7 Å². The first-order valence-electron chi connectivity index (χ1n) is 8.72. The highest BCUT2D eigenvalue weighted by Gasteiger charge is 2.34. The fraction of sp³-hybridized carbons (Fsp3) is 0.278. The molecule has 3 rings (SSSR count). The molecule has 31 heavy (non-hydrogen) atoms. The van der Waals surface area contributed by atoms with Gasteiger partial charge in [0.25, 0.3) is 0 Å². The van der Waals surface area contributed by atoms with E-state index in [1.165, 1.54) is 19.2 Å². The van der Waals surface area contributed by atoms with E-state index < -0.39 is 53.2 Å². The van der Waals surface area contributed by atoms with Crippen molar-refractivity contribution in [2.75, 3.05) is 5.32 Å². The first-order valence-corrected chi connectivity index (χ1v) is 8.72. The summed E-state index contributed by atoms with van der Waals surface area (Å²) in [5, 5.41) is 9.59. The molecule has 13 heteroatoms. The summed E-state index contributed by atoms with van der Waals surface area (Å²) in [5.41, 5.74) is -1.73. The summed E-state index contributed by atoms with van der Waals surface area (Å²) in [5.74, 6) is -6.88. The molecule has 0 saturated heterocycles. The van der Waals surface area contributed by atoms with Crippen LogP contribution in [-0.4, -0.2) is 25.5 Å². The Kier molecular flexibility index (Phi) is 6.04. The molecule has 0 unspecified atom stereocenters. The van der Waals surface area contributed by atoms with Gasteiger partial charge >= 0.3 is 6.18 Å². The van der Waals surface area contributed by atoms with Gasteiger partial charge in [-0.3, -0.25) is 14.2 Å². The average Bonchev–Trinajstić information content (AvgIpc) is 3.28. The van der Waals surface area contributed by atoms with E-state index in [9.17, 15) is 35.5 Å². The number of rotatable bonds is 6. The van der Waals surface area contributed by atoms with Gasteiger partial charge in [-0.05, 0) is 13.0 Å². The van der Waals surface area contributed by atoms with Crippen LogP contribution in [0.25, 0.3) is 0 Å². The highest BCUT2D eigenvalue weighted by molar-refractivity contribution is 5.89. The van der Waals surface area contributed by atoms with E-state index in [1.807, 2.05) is 0 Å². The van der Waals surface area contributed by atoms with Gasteiger partial charge in [0.05, 0.1) is 12.1 Å². The molecule has 0 fully saturated rings. The van der Waals surface area contributed by atoms with Gasteiger partial charge in [0.2, 0.25) is 5.91 Å².